The molecule has 1 fully saturated rings. The Morgan fingerprint density at radius 2 is 2.10 bits per heavy atom. The first-order valence-electron chi connectivity index (χ1n) is 6.21. The van der Waals surface area contributed by atoms with Gasteiger partial charge >= 0.3 is 6.18 Å². The molecule has 1 amide bonds. The van der Waals surface area contributed by atoms with E-state index in [9.17, 15) is 18.0 Å². The molecule has 0 N–H and O–H groups in total. The van der Waals surface area contributed by atoms with Crippen LogP contribution in [0.4, 0.5) is 13.2 Å². The van der Waals surface area contributed by atoms with E-state index in [1.54, 1.807) is 13.8 Å². The zero-order chi connectivity index (χ0) is 15.1. The van der Waals surface area contributed by atoms with Crippen molar-refractivity contribution < 1.29 is 22.5 Å². The number of rotatable bonds is 1. The second kappa shape index (κ2) is 5.08. The van der Waals surface area contributed by atoms with Crippen LogP contribution >= 0.6 is 0 Å². The van der Waals surface area contributed by atoms with Gasteiger partial charge in [0.2, 0.25) is 0 Å². The van der Waals surface area contributed by atoms with Gasteiger partial charge in [0.1, 0.15) is 11.8 Å². The molecule has 2 unspecified atom stereocenters. The molecule has 0 aromatic carbocycles. The summed E-state index contributed by atoms with van der Waals surface area (Å²) in [5.74, 6) is -0.0843. The van der Waals surface area contributed by atoms with E-state index in [2.05, 4.69) is 5.16 Å². The summed E-state index contributed by atoms with van der Waals surface area (Å²) in [6.45, 7) is 3.12. The maximum absolute atomic E-state index is 13.0. The molecular weight excluding hydrogens is 275 g/mol. The Bertz CT molecular complexity index is 500. The highest BCUT2D eigenvalue weighted by Crippen LogP contribution is 2.29. The number of halogens is 3. The molecule has 0 spiro atoms. The molecule has 0 radical (unpaired) electrons. The summed E-state index contributed by atoms with van der Waals surface area (Å²) in [5, 5.41) is 3.56. The van der Waals surface area contributed by atoms with Gasteiger partial charge in [-0.3, -0.25) is 9.69 Å². The molecule has 1 aliphatic rings. The van der Waals surface area contributed by atoms with Crippen LogP contribution in [-0.2, 0) is 0 Å². The summed E-state index contributed by atoms with van der Waals surface area (Å²) in [7, 11) is 1.42. The Hall–Kier alpha value is -1.57. The predicted octanol–water partition coefficient (Wildman–Crippen LogP) is 1.69. The molecule has 1 aliphatic heterocycles. The highest BCUT2D eigenvalue weighted by Gasteiger charge is 2.48. The van der Waals surface area contributed by atoms with Gasteiger partial charge in [-0.05, 0) is 20.9 Å². The average Bonchev–Trinajstić information content (AvgIpc) is 2.76. The number of alkyl halides is 3. The second-order valence-corrected chi connectivity index (χ2v) is 5.10. The number of likely N-dealkylation sites (N-methyl/N-ethyl adjacent to an activating group) is 1. The first-order chi connectivity index (χ1) is 9.20. The van der Waals surface area contributed by atoms with Gasteiger partial charge in [0, 0.05) is 25.2 Å². The van der Waals surface area contributed by atoms with E-state index >= 15 is 0 Å². The topological polar surface area (TPSA) is 49.6 Å². The summed E-state index contributed by atoms with van der Waals surface area (Å²) in [6, 6.07) is -0.621. The van der Waals surface area contributed by atoms with Crippen LogP contribution in [-0.4, -0.2) is 59.3 Å². The first kappa shape index (κ1) is 14.8. The molecule has 2 atom stereocenters. The zero-order valence-corrected chi connectivity index (χ0v) is 11.4. The quantitative estimate of drug-likeness (QED) is 0.790. The third-order valence-corrected chi connectivity index (χ3v) is 3.58. The molecule has 1 aromatic heterocycles. The van der Waals surface area contributed by atoms with E-state index < -0.39 is 24.7 Å². The minimum absolute atomic E-state index is 0.0418. The lowest BCUT2D eigenvalue weighted by atomic mass is 10.1. The molecule has 1 aromatic rings. The summed E-state index contributed by atoms with van der Waals surface area (Å²) in [5.41, 5.74) is 0.0418. The van der Waals surface area contributed by atoms with Crippen LogP contribution in [0.1, 0.15) is 23.2 Å². The van der Waals surface area contributed by atoms with E-state index in [1.807, 2.05) is 0 Å². The number of aromatic nitrogens is 1. The molecule has 20 heavy (non-hydrogen) atoms. The maximum Gasteiger partial charge on any atom is 0.405 e. The van der Waals surface area contributed by atoms with Gasteiger partial charge in [-0.2, -0.15) is 13.2 Å². The number of aryl methyl sites for hydroxylation is 1. The van der Waals surface area contributed by atoms with Crippen molar-refractivity contribution in [2.45, 2.75) is 32.1 Å². The first-order valence-corrected chi connectivity index (χ1v) is 6.21. The smallest absolute Gasteiger partial charge is 0.361 e. The Balaban J connectivity index is 2.19. The standard InChI is InChI=1S/C12H16F3N3O2/c1-7-5-18(6-10(17(7)3)12(13,14)15)11(19)9-4-8(2)20-16-9/h4,7,10H,5-6H2,1-3H3. The van der Waals surface area contributed by atoms with E-state index in [0.29, 0.717) is 5.76 Å². The van der Waals surface area contributed by atoms with Crippen molar-refractivity contribution in [2.24, 2.45) is 0 Å². The summed E-state index contributed by atoms with van der Waals surface area (Å²) in [6.07, 6.45) is -4.37. The Labute approximate surface area is 114 Å². The van der Waals surface area contributed by atoms with Crippen molar-refractivity contribution in [2.75, 3.05) is 20.1 Å². The highest BCUT2D eigenvalue weighted by atomic mass is 19.4. The summed E-state index contributed by atoms with van der Waals surface area (Å²) < 4.78 is 43.8. The number of piperazine rings is 1. The minimum Gasteiger partial charge on any atom is -0.361 e. The summed E-state index contributed by atoms with van der Waals surface area (Å²) >= 11 is 0. The highest BCUT2D eigenvalue weighted by molar-refractivity contribution is 5.92. The average molecular weight is 291 g/mol. The van der Waals surface area contributed by atoms with Gasteiger partial charge in [0.25, 0.3) is 5.91 Å². The van der Waals surface area contributed by atoms with E-state index in [0.717, 1.165) is 0 Å². The number of hydrogen-bond acceptors (Lipinski definition) is 4. The zero-order valence-electron chi connectivity index (χ0n) is 11.4. The van der Waals surface area contributed by atoms with Crippen LogP contribution in [0.2, 0.25) is 0 Å². The fourth-order valence-electron chi connectivity index (χ4n) is 2.30. The van der Waals surface area contributed by atoms with Gasteiger partial charge in [-0.15, -0.1) is 0 Å². The van der Waals surface area contributed by atoms with Gasteiger partial charge in [-0.25, -0.2) is 0 Å². The number of amides is 1. The van der Waals surface area contributed by atoms with Crippen LogP contribution in [0.3, 0.4) is 0 Å². The monoisotopic (exact) mass is 291 g/mol. The van der Waals surface area contributed by atoms with Crippen molar-refractivity contribution in [1.29, 1.82) is 0 Å². The van der Waals surface area contributed by atoms with Crippen LogP contribution in [0.25, 0.3) is 0 Å². The lowest BCUT2D eigenvalue weighted by molar-refractivity contribution is -0.197. The van der Waals surface area contributed by atoms with Gasteiger partial charge in [0.15, 0.2) is 5.69 Å². The van der Waals surface area contributed by atoms with Crippen LogP contribution < -0.4 is 0 Å². The Kier molecular flexibility index (Phi) is 3.77. The molecule has 0 saturated carbocycles. The Morgan fingerprint density at radius 1 is 1.45 bits per heavy atom. The second-order valence-electron chi connectivity index (χ2n) is 5.10. The number of carbonyl (C=O) groups excluding carboxylic acids is 1. The summed E-state index contributed by atoms with van der Waals surface area (Å²) in [4.78, 5) is 14.6. The molecule has 2 heterocycles. The molecule has 1 saturated heterocycles. The van der Waals surface area contributed by atoms with Crippen molar-refractivity contribution in [1.82, 2.24) is 15.0 Å². The Morgan fingerprint density at radius 3 is 2.60 bits per heavy atom. The van der Waals surface area contributed by atoms with Crippen LogP contribution in [0.5, 0.6) is 0 Å². The van der Waals surface area contributed by atoms with Crippen molar-refractivity contribution >= 4 is 5.91 Å². The van der Waals surface area contributed by atoms with Gasteiger partial charge < -0.3 is 9.42 Å². The van der Waals surface area contributed by atoms with Crippen molar-refractivity contribution in [3.63, 3.8) is 0 Å². The predicted molar refractivity (Wildman–Crippen MR) is 64.2 cm³/mol. The molecule has 8 heteroatoms. The number of carbonyl (C=O) groups is 1. The van der Waals surface area contributed by atoms with Crippen LogP contribution in [0.15, 0.2) is 10.6 Å². The van der Waals surface area contributed by atoms with Gasteiger partial charge in [0.05, 0.1) is 0 Å². The van der Waals surface area contributed by atoms with Crippen LogP contribution in [0, 0.1) is 6.92 Å². The molecular formula is C12H16F3N3O2. The fourth-order valence-corrected chi connectivity index (χ4v) is 2.30. The van der Waals surface area contributed by atoms with Crippen molar-refractivity contribution in [3.05, 3.63) is 17.5 Å². The lowest BCUT2D eigenvalue weighted by Gasteiger charge is -2.43. The molecule has 0 bridgehead atoms. The molecule has 2 rings (SSSR count). The normalized spacial score (nSPS) is 25.0. The minimum atomic E-state index is -4.37. The van der Waals surface area contributed by atoms with E-state index in [-0.39, 0.29) is 18.3 Å². The van der Waals surface area contributed by atoms with Gasteiger partial charge in [-0.1, -0.05) is 5.16 Å². The lowest BCUT2D eigenvalue weighted by Crippen LogP contribution is -2.62. The number of hydrogen-bond donors (Lipinski definition) is 0. The maximum atomic E-state index is 13.0. The van der Waals surface area contributed by atoms with Crippen molar-refractivity contribution in [3.8, 4) is 0 Å². The number of nitrogens with zero attached hydrogens (tertiary/aromatic N) is 3. The molecule has 112 valence electrons. The van der Waals surface area contributed by atoms with E-state index in [1.165, 1.54) is 22.9 Å². The molecule has 5 nitrogen and oxygen atoms in total. The third kappa shape index (κ3) is 2.79. The fraction of sp³-hybridized carbons (Fsp3) is 0.667. The van der Waals surface area contributed by atoms with E-state index in [4.69, 9.17) is 4.52 Å². The molecule has 0 aliphatic carbocycles. The largest absolute Gasteiger partial charge is 0.405 e. The SMILES string of the molecule is Cc1cc(C(=O)N2CC(C)N(C)C(C(F)(F)F)C2)no1. The third-order valence-electron chi connectivity index (χ3n) is 3.58.